The second-order valence-electron chi connectivity index (χ2n) is 8.94. The first-order valence-electron chi connectivity index (χ1n) is 11.6. The number of fused-ring (bicyclic) bond motifs is 1. The minimum atomic E-state index is -0.746. The van der Waals surface area contributed by atoms with Crippen LogP contribution in [0.5, 0.6) is 5.75 Å². The Balaban J connectivity index is 1.73. The lowest BCUT2D eigenvalue weighted by atomic mass is 9.86. The second kappa shape index (κ2) is 9.81. The summed E-state index contributed by atoms with van der Waals surface area (Å²) in [5.74, 6) is 1.01. The van der Waals surface area contributed by atoms with E-state index in [2.05, 4.69) is 17.2 Å². The van der Waals surface area contributed by atoms with Gasteiger partial charge in [0.2, 0.25) is 0 Å². The van der Waals surface area contributed by atoms with Gasteiger partial charge in [0.25, 0.3) is 0 Å². The number of methoxy groups -OCH3 is 1. The fraction of sp³-hybridized carbons (Fsp3) is 0.370. The molecule has 0 amide bonds. The molecule has 0 saturated carbocycles. The van der Waals surface area contributed by atoms with Gasteiger partial charge in [-0.2, -0.15) is 0 Å². The van der Waals surface area contributed by atoms with Crippen LogP contribution in [-0.2, 0) is 4.79 Å². The van der Waals surface area contributed by atoms with E-state index in [1.54, 1.807) is 14.0 Å². The molecule has 1 aliphatic carbocycles. The Kier molecular flexibility index (Phi) is 6.84. The molecule has 3 aromatic rings. The van der Waals surface area contributed by atoms with Gasteiger partial charge in [0, 0.05) is 23.1 Å². The third-order valence-electron chi connectivity index (χ3n) is 6.48. The number of aromatic nitrogens is 2. The van der Waals surface area contributed by atoms with Gasteiger partial charge >= 0.3 is 5.97 Å². The number of nitrogens with zero attached hydrogens (tertiary/aromatic N) is 2. The van der Waals surface area contributed by atoms with Crippen LogP contribution in [0.1, 0.15) is 67.8 Å². The molecular formula is C27H31N3O4. The van der Waals surface area contributed by atoms with Gasteiger partial charge in [-0.15, -0.1) is 0 Å². The Morgan fingerprint density at radius 1 is 1.18 bits per heavy atom. The van der Waals surface area contributed by atoms with E-state index >= 15 is 0 Å². The number of rotatable bonds is 7. The molecule has 1 aromatic heterocycles. The first-order chi connectivity index (χ1) is 16.3. The van der Waals surface area contributed by atoms with Crippen molar-refractivity contribution in [3.05, 3.63) is 65.0 Å². The molecule has 3 atom stereocenters. The van der Waals surface area contributed by atoms with Crippen molar-refractivity contribution in [2.75, 3.05) is 12.4 Å². The summed E-state index contributed by atoms with van der Waals surface area (Å²) in [6, 6.07) is 11.8. The van der Waals surface area contributed by atoms with Crippen molar-refractivity contribution in [3.63, 3.8) is 0 Å². The lowest BCUT2D eigenvalue weighted by Gasteiger charge is -2.22. The highest BCUT2D eigenvalue weighted by atomic mass is 16.5. The number of allylic oxidation sites excluding steroid dienone is 2. The van der Waals surface area contributed by atoms with Crippen LogP contribution in [-0.4, -0.2) is 33.3 Å². The van der Waals surface area contributed by atoms with Crippen LogP contribution in [0.2, 0.25) is 0 Å². The Morgan fingerprint density at radius 2 is 1.94 bits per heavy atom. The lowest BCUT2D eigenvalue weighted by Crippen LogP contribution is -2.16. The zero-order chi connectivity index (χ0) is 24.4. The first kappa shape index (κ1) is 23.7. The van der Waals surface area contributed by atoms with Crippen molar-refractivity contribution in [2.24, 2.45) is 5.92 Å². The maximum atomic E-state index is 11.4. The fourth-order valence-corrected chi connectivity index (χ4v) is 4.48. The lowest BCUT2D eigenvalue weighted by molar-refractivity contribution is -0.141. The summed E-state index contributed by atoms with van der Waals surface area (Å²) >= 11 is 0. The van der Waals surface area contributed by atoms with Crippen molar-refractivity contribution in [1.29, 1.82) is 0 Å². The summed E-state index contributed by atoms with van der Waals surface area (Å²) in [7, 11) is 1.64. The number of aliphatic carboxylic acids is 1. The van der Waals surface area contributed by atoms with Crippen LogP contribution in [0.4, 0.5) is 5.82 Å². The molecule has 0 saturated heterocycles. The molecule has 34 heavy (non-hydrogen) atoms. The fourth-order valence-electron chi connectivity index (χ4n) is 4.48. The van der Waals surface area contributed by atoms with Gasteiger partial charge in [-0.1, -0.05) is 30.3 Å². The van der Waals surface area contributed by atoms with Crippen LogP contribution < -0.4 is 10.1 Å². The van der Waals surface area contributed by atoms with Gasteiger partial charge in [0.15, 0.2) is 0 Å². The van der Waals surface area contributed by atoms with Crippen LogP contribution in [0.3, 0.4) is 0 Å². The smallest absolute Gasteiger partial charge is 0.306 e. The second-order valence-corrected chi connectivity index (χ2v) is 8.94. The largest absolute Gasteiger partial charge is 0.496 e. The number of aryl methyl sites for hydroxylation is 1. The molecule has 178 valence electrons. The van der Waals surface area contributed by atoms with Crippen LogP contribution in [0.15, 0.2) is 42.5 Å². The summed E-state index contributed by atoms with van der Waals surface area (Å²) < 4.78 is 5.69. The zero-order valence-corrected chi connectivity index (χ0v) is 20.0. The maximum Gasteiger partial charge on any atom is 0.306 e. The van der Waals surface area contributed by atoms with E-state index in [1.807, 2.05) is 49.4 Å². The molecule has 1 aliphatic rings. The van der Waals surface area contributed by atoms with Crippen molar-refractivity contribution in [1.82, 2.24) is 9.97 Å². The molecule has 2 unspecified atom stereocenters. The van der Waals surface area contributed by atoms with Crippen molar-refractivity contribution < 1.29 is 19.7 Å². The molecule has 0 spiro atoms. The van der Waals surface area contributed by atoms with Gasteiger partial charge in [0.05, 0.1) is 24.6 Å². The molecular weight excluding hydrogens is 430 g/mol. The van der Waals surface area contributed by atoms with E-state index in [0.29, 0.717) is 30.8 Å². The molecule has 0 bridgehead atoms. The molecule has 1 heterocycles. The summed E-state index contributed by atoms with van der Waals surface area (Å²) in [6.45, 7) is 5.68. The Hall–Kier alpha value is -3.45. The minimum absolute atomic E-state index is 0.0491. The van der Waals surface area contributed by atoms with Crippen molar-refractivity contribution >= 4 is 28.3 Å². The van der Waals surface area contributed by atoms with Gasteiger partial charge in [-0.3, -0.25) is 4.79 Å². The van der Waals surface area contributed by atoms with Crippen LogP contribution >= 0.6 is 0 Å². The average molecular weight is 462 g/mol. The Morgan fingerprint density at radius 3 is 2.59 bits per heavy atom. The summed E-state index contributed by atoms with van der Waals surface area (Å²) in [6.07, 6.45) is 3.27. The van der Waals surface area contributed by atoms with Gasteiger partial charge in [-0.05, 0) is 62.8 Å². The number of carboxylic acid groups (broad SMARTS) is 1. The van der Waals surface area contributed by atoms with Gasteiger partial charge in [0.1, 0.15) is 17.4 Å². The summed E-state index contributed by atoms with van der Waals surface area (Å²) in [5, 5.41) is 23.7. The first-order valence-corrected chi connectivity index (χ1v) is 11.6. The Labute approximate surface area is 199 Å². The number of carboxylic acids is 1. The highest BCUT2D eigenvalue weighted by molar-refractivity contribution is 5.94. The number of ether oxygens (including phenoxy) is 1. The van der Waals surface area contributed by atoms with Gasteiger partial charge < -0.3 is 20.3 Å². The zero-order valence-electron chi connectivity index (χ0n) is 20.0. The standard InChI is InChI=1S/C27H31N3O4/c1-15(20-6-5-7-21(12-20)16(2)31)28-26-23-13-22(18-8-10-19(11-9-18)27(32)33)25(34-4)14-24(23)29-17(3)30-26/h5-8,12-16,19,31H,9-11H2,1-4H3,(H,32,33)(H,28,29,30)/t15-,16?,19?/m0/s1. The number of nitrogens with one attached hydrogen (secondary N) is 1. The average Bonchev–Trinajstić information content (AvgIpc) is 2.83. The number of hydrogen-bond acceptors (Lipinski definition) is 6. The maximum absolute atomic E-state index is 11.4. The highest BCUT2D eigenvalue weighted by Crippen LogP contribution is 2.38. The number of carbonyl (C=O) groups is 1. The van der Waals surface area contributed by atoms with Crippen molar-refractivity contribution in [3.8, 4) is 5.75 Å². The molecule has 3 N–H and O–H groups in total. The highest BCUT2D eigenvalue weighted by Gasteiger charge is 2.23. The third-order valence-corrected chi connectivity index (χ3v) is 6.48. The number of aliphatic hydroxyl groups is 1. The minimum Gasteiger partial charge on any atom is -0.496 e. The monoisotopic (exact) mass is 461 g/mol. The number of benzene rings is 2. The topological polar surface area (TPSA) is 105 Å². The number of aliphatic hydroxyl groups excluding tert-OH is 1. The molecule has 0 radical (unpaired) electrons. The SMILES string of the molecule is COc1cc2nc(C)nc(N[C@@H](C)c3cccc(C(C)O)c3)c2cc1C1=CCC(C(=O)O)CC1. The predicted octanol–water partition coefficient (Wildman–Crippen LogP) is 5.44. The van der Waals surface area contributed by atoms with E-state index in [9.17, 15) is 15.0 Å². The molecule has 0 fully saturated rings. The quantitative estimate of drug-likeness (QED) is 0.430. The van der Waals surface area contributed by atoms with Crippen LogP contribution in [0, 0.1) is 12.8 Å². The third kappa shape index (κ3) is 4.89. The molecule has 4 rings (SSSR count). The molecule has 7 nitrogen and oxygen atoms in total. The van der Waals surface area contributed by atoms with E-state index in [4.69, 9.17) is 9.72 Å². The summed E-state index contributed by atoms with van der Waals surface area (Å²) in [4.78, 5) is 20.7. The molecule has 0 aliphatic heterocycles. The number of hydrogen-bond donors (Lipinski definition) is 3. The Bertz CT molecular complexity index is 1250. The number of anilines is 1. The van der Waals surface area contributed by atoms with Crippen LogP contribution in [0.25, 0.3) is 16.5 Å². The van der Waals surface area contributed by atoms with Gasteiger partial charge in [-0.25, -0.2) is 9.97 Å². The van der Waals surface area contributed by atoms with Crippen molar-refractivity contribution in [2.45, 2.75) is 52.2 Å². The molecule has 2 aromatic carbocycles. The van der Waals surface area contributed by atoms with E-state index in [1.165, 1.54) is 0 Å². The van der Waals surface area contributed by atoms with E-state index < -0.39 is 12.1 Å². The van der Waals surface area contributed by atoms with E-state index in [0.717, 1.165) is 39.0 Å². The van der Waals surface area contributed by atoms with E-state index in [-0.39, 0.29) is 12.0 Å². The normalized spacial score (nSPS) is 17.7. The summed E-state index contributed by atoms with van der Waals surface area (Å²) in [5.41, 5.74) is 4.72. The molecule has 7 heteroatoms. The predicted molar refractivity (Wildman–Crippen MR) is 133 cm³/mol.